The number of likely N-dealkylation sites (tertiary alicyclic amines) is 1. The van der Waals surface area contributed by atoms with E-state index in [1.807, 2.05) is 56.3 Å². The summed E-state index contributed by atoms with van der Waals surface area (Å²) in [5.41, 5.74) is 2.48. The van der Waals surface area contributed by atoms with Crippen molar-refractivity contribution in [1.29, 1.82) is 0 Å². The number of benzene rings is 1. The van der Waals surface area contributed by atoms with E-state index in [0.29, 0.717) is 29.9 Å². The number of hydrogen-bond donors (Lipinski definition) is 1. The van der Waals surface area contributed by atoms with E-state index in [4.69, 9.17) is 0 Å². The third-order valence-corrected chi connectivity index (χ3v) is 5.78. The minimum absolute atomic E-state index is 0.0410. The number of nitrogens with zero attached hydrogens (tertiary/aromatic N) is 5. The topological polar surface area (TPSA) is 91.6 Å². The van der Waals surface area contributed by atoms with Crippen molar-refractivity contribution in [2.24, 2.45) is 0 Å². The van der Waals surface area contributed by atoms with Gasteiger partial charge in [0, 0.05) is 12.7 Å². The van der Waals surface area contributed by atoms with Gasteiger partial charge < -0.3 is 14.9 Å². The van der Waals surface area contributed by atoms with Crippen LogP contribution in [0.5, 0.6) is 0 Å². The largest absolute Gasteiger partial charge is 0.507 e. The summed E-state index contributed by atoms with van der Waals surface area (Å²) in [7, 11) is 3.91. The number of aromatic nitrogens is 3. The lowest BCUT2D eigenvalue weighted by atomic mass is 9.98. The molecule has 8 nitrogen and oxygen atoms in total. The van der Waals surface area contributed by atoms with E-state index in [1.165, 1.54) is 11.1 Å². The number of Topliss-reactive ketones (excluding diaryl/α,β-unsaturated/α-hetero) is 1. The molecule has 1 aliphatic heterocycles. The normalized spacial score (nSPS) is 17.8. The predicted molar refractivity (Wildman–Crippen MR) is 125 cm³/mol. The quantitative estimate of drug-likeness (QED) is 0.342. The van der Waals surface area contributed by atoms with Gasteiger partial charge in [-0.25, -0.2) is 4.68 Å². The molecule has 170 valence electrons. The fourth-order valence-electron chi connectivity index (χ4n) is 4.13. The Morgan fingerprint density at radius 2 is 1.82 bits per heavy atom. The number of ketones is 1. The van der Waals surface area contributed by atoms with Gasteiger partial charge in [0.2, 0.25) is 0 Å². The molecule has 1 aromatic carbocycles. The molecular formula is C25H27N5O3. The van der Waals surface area contributed by atoms with Gasteiger partial charge in [0.25, 0.3) is 11.7 Å². The smallest absolute Gasteiger partial charge is 0.295 e. The Kier molecular flexibility index (Phi) is 6.37. The van der Waals surface area contributed by atoms with Crippen molar-refractivity contribution in [3.63, 3.8) is 0 Å². The second kappa shape index (κ2) is 9.38. The van der Waals surface area contributed by atoms with Crippen LogP contribution in [-0.4, -0.2) is 68.5 Å². The first-order chi connectivity index (χ1) is 15.9. The maximum atomic E-state index is 13.1. The molecule has 1 aliphatic rings. The summed E-state index contributed by atoms with van der Waals surface area (Å²) < 4.78 is 1.69. The first-order valence-electron chi connectivity index (χ1n) is 10.8. The molecule has 8 heteroatoms. The van der Waals surface area contributed by atoms with Gasteiger partial charge in [-0.05, 0) is 58.3 Å². The van der Waals surface area contributed by atoms with Gasteiger partial charge in [0.15, 0.2) is 0 Å². The minimum atomic E-state index is -0.757. The molecule has 0 saturated carbocycles. The summed E-state index contributed by atoms with van der Waals surface area (Å²) in [5, 5.41) is 15.7. The SMILES string of the molecule is Cc1c(/C(O)=C2\C(=O)C(=O)N(CCCN(C)C)C2c2ccccn2)cnn1-c1ccccc1. The Balaban J connectivity index is 1.79. The van der Waals surface area contributed by atoms with E-state index < -0.39 is 17.7 Å². The highest BCUT2D eigenvalue weighted by atomic mass is 16.3. The Bertz CT molecular complexity index is 1190. The number of amides is 1. The van der Waals surface area contributed by atoms with Gasteiger partial charge in [-0.2, -0.15) is 5.10 Å². The van der Waals surface area contributed by atoms with Crippen LogP contribution >= 0.6 is 0 Å². The number of para-hydroxylation sites is 1. The molecule has 3 aromatic rings. The van der Waals surface area contributed by atoms with Crippen molar-refractivity contribution >= 4 is 17.4 Å². The second-order valence-corrected chi connectivity index (χ2v) is 8.29. The molecule has 2 aromatic heterocycles. The number of aliphatic hydroxyl groups excluding tert-OH is 1. The summed E-state index contributed by atoms with van der Waals surface area (Å²) in [5.74, 6) is -1.57. The van der Waals surface area contributed by atoms with Crippen molar-refractivity contribution in [2.75, 3.05) is 27.2 Å². The zero-order valence-corrected chi connectivity index (χ0v) is 19.0. The Morgan fingerprint density at radius 3 is 2.48 bits per heavy atom. The van der Waals surface area contributed by atoms with Crippen molar-refractivity contribution < 1.29 is 14.7 Å². The van der Waals surface area contributed by atoms with E-state index in [0.717, 1.165) is 12.2 Å². The van der Waals surface area contributed by atoms with Crippen LogP contribution < -0.4 is 0 Å². The number of rotatable bonds is 7. The molecule has 1 fully saturated rings. The third kappa shape index (κ3) is 4.29. The maximum Gasteiger partial charge on any atom is 0.295 e. The molecule has 0 radical (unpaired) electrons. The van der Waals surface area contributed by atoms with E-state index in [1.54, 1.807) is 29.1 Å². The van der Waals surface area contributed by atoms with Gasteiger partial charge >= 0.3 is 0 Å². The molecule has 1 amide bonds. The van der Waals surface area contributed by atoms with Gasteiger partial charge in [-0.3, -0.25) is 14.6 Å². The predicted octanol–water partition coefficient (Wildman–Crippen LogP) is 2.95. The van der Waals surface area contributed by atoms with Gasteiger partial charge in [-0.1, -0.05) is 24.3 Å². The fraction of sp³-hybridized carbons (Fsp3) is 0.280. The molecule has 0 aliphatic carbocycles. The Hall–Kier alpha value is -3.78. The highest BCUT2D eigenvalue weighted by Crippen LogP contribution is 2.39. The zero-order chi connectivity index (χ0) is 23.5. The van der Waals surface area contributed by atoms with E-state index in [9.17, 15) is 14.7 Å². The molecule has 1 saturated heterocycles. The zero-order valence-electron chi connectivity index (χ0n) is 19.0. The number of carbonyl (C=O) groups is 2. The van der Waals surface area contributed by atoms with Crippen LogP contribution in [0.4, 0.5) is 0 Å². The van der Waals surface area contributed by atoms with Crippen LogP contribution in [0.2, 0.25) is 0 Å². The van der Waals surface area contributed by atoms with Crippen LogP contribution in [0.25, 0.3) is 11.4 Å². The van der Waals surface area contributed by atoms with Gasteiger partial charge in [0.1, 0.15) is 11.8 Å². The molecule has 1 atom stereocenters. The first kappa shape index (κ1) is 22.4. The summed E-state index contributed by atoms with van der Waals surface area (Å²) >= 11 is 0. The van der Waals surface area contributed by atoms with Crippen molar-refractivity contribution in [3.8, 4) is 5.69 Å². The lowest BCUT2D eigenvalue weighted by molar-refractivity contribution is -0.140. The van der Waals surface area contributed by atoms with Crippen LogP contribution in [-0.2, 0) is 9.59 Å². The molecule has 0 bridgehead atoms. The molecule has 1 N–H and O–H groups in total. The molecular weight excluding hydrogens is 418 g/mol. The molecule has 0 spiro atoms. The monoisotopic (exact) mass is 445 g/mol. The van der Waals surface area contributed by atoms with Crippen LogP contribution in [0, 0.1) is 6.92 Å². The minimum Gasteiger partial charge on any atom is -0.507 e. The average molecular weight is 446 g/mol. The highest BCUT2D eigenvalue weighted by molar-refractivity contribution is 6.46. The summed E-state index contributed by atoms with van der Waals surface area (Å²) in [6.45, 7) is 2.96. The summed E-state index contributed by atoms with van der Waals surface area (Å²) in [4.78, 5) is 34.1. The molecule has 1 unspecified atom stereocenters. The maximum absolute atomic E-state index is 13.1. The number of carbonyl (C=O) groups excluding carboxylic acids is 2. The third-order valence-electron chi connectivity index (χ3n) is 5.78. The average Bonchev–Trinajstić information content (AvgIpc) is 3.32. The molecule has 4 rings (SSSR count). The lowest BCUT2D eigenvalue weighted by Gasteiger charge is -2.25. The summed E-state index contributed by atoms with van der Waals surface area (Å²) in [6, 6.07) is 14.1. The van der Waals surface area contributed by atoms with Gasteiger partial charge in [-0.15, -0.1) is 0 Å². The van der Waals surface area contributed by atoms with Crippen LogP contribution in [0.1, 0.15) is 29.4 Å². The standard InChI is InChI=1S/C25H27N5O3/c1-17-19(16-27-30(17)18-10-5-4-6-11-18)23(31)21-22(20-12-7-8-13-26-20)29(25(33)24(21)32)15-9-14-28(2)3/h4-8,10-13,16,22,31H,9,14-15H2,1-3H3/b23-21+. The van der Waals surface area contributed by atoms with Crippen LogP contribution in [0.15, 0.2) is 66.5 Å². The highest BCUT2D eigenvalue weighted by Gasteiger charge is 2.46. The lowest BCUT2D eigenvalue weighted by Crippen LogP contribution is -2.32. The molecule has 33 heavy (non-hydrogen) atoms. The Labute approximate surface area is 192 Å². The van der Waals surface area contributed by atoms with Crippen LogP contribution in [0.3, 0.4) is 0 Å². The fourth-order valence-corrected chi connectivity index (χ4v) is 4.13. The van der Waals surface area contributed by atoms with Crippen molar-refractivity contribution in [1.82, 2.24) is 24.6 Å². The molecule has 3 heterocycles. The number of pyridine rings is 1. The second-order valence-electron chi connectivity index (χ2n) is 8.29. The number of aliphatic hydroxyl groups is 1. The van der Waals surface area contributed by atoms with Crippen molar-refractivity contribution in [3.05, 3.63) is 83.4 Å². The van der Waals surface area contributed by atoms with Gasteiger partial charge in [0.05, 0.1) is 34.4 Å². The van der Waals surface area contributed by atoms with Crippen molar-refractivity contribution in [2.45, 2.75) is 19.4 Å². The van der Waals surface area contributed by atoms with E-state index in [-0.39, 0.29) is 11.3 Å². The van der Waals surface area contributed by atoms with E-state index in [2.05, 4.69) is 10.1 Å². The summed E-state index contributed by atoms with van der Waals surface area (Å²) in [6.07, 6.45) is 3.83. The number of hydrogen-bond acceptors (Lipinski definition) is 6. The first-order valence-corrected chi connectivity index (χ1v) is 10.8. The Morgan fingerprint density at radius 1 is 1.09 bits per heavy atom. The van der Waals surface area contributed by atoms with E-state index >= 15 is 0 Å².